The van der Waals surface area contributed by atoms with E-state index >= 15 is 0 Å². The summed E-state index contributed by atoms with van der Waals surface area (Å²) in [6.45, 7) is 3.50. The second-order valence-electron chi connectivity index (χ2n) is 7.78. The first-order valence-electron chi connectivity index (χ1n) is 9.72. The summed E-state index contributed by atoms with van der Waals surface area (Å²) in [6.07, 6.45) is 8.30. The van der Waals surface area contributed by atoms with Crippen LogP contribution in [0.25, 0.3) is 10.4 Å². The maximum Gasteiger partial charge on any atom is 0.183 e. The maximum atomic E-state index is 4.61. The number of hydrogen-bond acceptors (Lipinski definition) is 5. The van der Waals surface area contributed by atoms with Crippen LogP contribution >= 0.6 is 11.3 Å². The predicted octanol–water partition coefficient (Wildman–Crippen LogP) is 4.53. The van der Waals surface area contributed by atoms with E-state index in [-0.39, 0.29) is 0 Å². The minimum Gasteiger partial charge on any atom is -0.359 e. The highest BCUT2D eigenvalue weighted by Gasteiger charge is 2.40. The minimum atomic E-state index is 0.567. The van der Waals surface area contributed by atoms with Crippen molar-refractivity contribution >= 4 is 16.5 Å². The van der Waals surface area contributed by atoms with E-state index in [0.717, 1.165) is 23.5 Å². The zero-order chi connectivity index (χ0) is 18.1. The van der Waals surface area contributed by atoms with Crippen LogP contribution in [0.2, 0.25) is 0 Å². The van der Waals surface area contributed by atoms with Gasteiger partial charge in [-0.3, -0.25) is 9.88 Å². The van der Waals surface area contributed by atoms with Crippen LogP contribution in [0.5, 0.6) is 0 Å². The summed E-state index contributed by atoms with van der Waals surface area (Å²) >= 11 is 1.76. The highest BCUT2D eigenvalue weighted by Crippen LogP contribution is 2.40. The molecule has 5 heteroatoms. The number of rotatable bonds is 5. The van der Waals surface area contributed by atoms with Crippen LogP contribution < -0.4 is 5.32 Å². The third-order valence-corrected chi connectivity index (χ3v) is 6.85. The molecule has 1 aliphatic carbocycles. The molecule has 1 saturated heterocycles. The molecule has 1 N–H and O–H groups in total. The van der Waals surface area contributed by atoms with E-state index in [1.165, 1.54) is 41.9 Å². The lowest BCUT2D eigenvalue weighted by atomic mass is 10.0. The van der Waals surface area contributed by atoms with Gasteiger partial charge in [0.1, 0.15) is 0 Å². The van der Waals surface area contributed by atoms with Crippen LogP contribution in [0.1, 0.15) is 18.4 Å². The Morgan fingerprint density at radius 2 is 1.74 bits per heavy atom. The fraction of sp³-hybridized carbons (Fsp3) is 0.364. The van der Waals surface area contributed by atoms with Crippen LogP contribution in [0.3, 0.4) is 0 Å². The molecule has 0 radical (unpaired) electrons. The minimum absolute atomic E-state index is 0.567. The first-order valence-corrected chi connectivity index (χ1v) is 10.5. The van der Waals surface area contributed by atoms with Crippen molar-refractivity contribution < 1.29 is 0 Å². The Hall–Kier alpha value is -2.24. The molecule has 1 aliphatic heterocycles. The Balaban J connectivity index is 1.16. The molecule has 3 aromatic rings. The zero-order valence-corrected chi connectivity index (χ0v) is 16.1. The van der Waals surface area contributed by atoms with Gasteiger partial charge < -0.3 is 5.32 Å². The smallest absolute Gasteiger partial charge is 0.183 e. The molecule has 0 bridgehead atoms. The summed E-state index contributed by atoms with van der Waals surface area (Å²) in [6, 6.07) is 15.3. The van der Waals surface area contributed by atoms with Crippen molar-refractivity contribution in [3.8, 4) is 10.4 Å². The van der Waals surface area contributed by atoms with Gasteiger partial charge in [-0.25, -0.2) is 4.98 Å². The Morgan fingerprint density at radius 3 is 2.48 bits per heavy atom. The summed E-state index contributed by atoms with van der Waals surface area (Å²) in [5.41, 5.74) is 2.62. The lowest BCUT2D eigenvalue weighted by molar-refractivity contribution is 0.301. The van der Waals surface area contributed by atoms with E-state index in [4.69, 9.17) is 0 Å². The Kier molecular flexibility index (Phi) is 4.64. The van der Waals surface area contributed by atoms with Crippen molar-refractivity contribution in [2.24, 2.45) is 11.8 Å². The lowest BCUT2D eigenvalue weighted by Crippen LogP contribution is -2.24. The van der Waals surface area contributed by atoms with Gasteiger partial charge in [0.2, 0.25) is 0 Å². The first kappa shape index (κ1) is 16.9. The Morgan fingerprint density at radius 1 is 1.00 bits per heavy atom. The fourth-order valence-electron chi connectivity index (χ4n) is 4.64. The second-order valence-corrected chi connectivity index (χ2v) is 8.81. The maximum absolute atomic E-state index is 4.61. The first-order chi connectivity index (χ1) is 13.3. The van der Waals surface area contributed by atoms with Gasteiger partial charge in [0.25, 0.3) is 0 Å². The third-order valence-electron chi connectivity index (χ3n) is 5.87. The average molecular weight is 377 g/mol. The van der Waals surface area contributed by atoms with Gasteiger partial charge in [0.05, 0.1) is 4.88 Å². The topological polar surface area (TPSA) is 41.1 Å². The monoisotopic (exact) mass is 376 g/mol. The number of thiazole rings is 1. The van der Waals surface area contributed by atoms with Crippen molar-refractivity contribution in [2.75, 3.05) is 18.4 Å². The highest BCUT2D eigenvalue weighted by molar-refractivity contribution is 7.18. The number of nitrogens with zero attached hydrogens (tertiary/aromatic N) is 3. The number of fused-ring (bicyclic) bond motifs is 1. The summed E-state index contributed by atoms with van der Waals surface area (Å²) < 4.78 is 0. The van der Waals surface area contributed by atoms with Crippen molar-refractivity contribution in [1.29, 1.82) is 0 Å². The van der Waals surface area contributed by atoms with Crippen molar-refractivity contribution in [2.45, 2.75) is 25.4 Å². The molecule has 0 amide bonds. The van der Waals surface area contributed by atoms with Gasteiger partial charge in [-0.15, -0.1) is 0 Å². The van der Waals surface area contributed by atoms with E-state index in [1.54, 1.807) is 11.3 Å². The lowest BCUT2D eigenvalue weighted by Gasteiger charge is -2.19. The molecule has 2 aliphatic rings. The van der Waals surface area contributed by atoms with Gasteiger partial charge in [-0.1, -0.05) is 41.7 Å². The molecule has 3 atom stereocenters. The fourth-order valence-corrected chi connectivity index (χ4v) is 5.54. The summed E-state index contributed by atoms with van der Waals surface area (Å²) in [4.78, 5) is 12.6. The van der Waals surface area contributed by atoms with Gasteiger partial charge in [-0.05, 0) is 47.9 Å². The number of aromatic nitrogens is 2. The van der Waals surface area contributed by atoms with Crippen molar-refractivity contribution in [3.05, 3.63) is 66.6 Å². The third kappa shape index (κ3) is 3.75. The van der Waals surface area contributed by atoms with Crippen LogP contribution in [0, 0.1) is 11.8 Å². The number of pyridine rings is 1. The molecule has 2 aromatic heterocycles. The van der Waals surface area contributed by atoms with Gasteiger partial charge in [0, 0.05) is 44.3 Å². The van der Waals surface area contributed by atoms with E-state index in [0.29, 0.717) is 6.04 Å². The normalized spacial score (nSPS) is 24.8. The van der Waals surface area contributed by atoms with E-state index < -0.39 is 0 Å². The molecule has 138 valence electrons. The predicted molar refractivity (Wildman–Crippen MR) is 111 cm³/mol. The zero-order valence-electron chi connectivity index (χ0n) is 15.3. The quantitative estimate of drug-likeness (QED) is 0.710. The van der Waals surface area contributed by atoms with E-state index in [2.05, 4.69) is 62.6 Å². The molecule has 27 heavy (non-hydrogen) atoms. The summed E-state index contributed by atoms with van der Waals surface area (Å²) in [7, 11) is 0. The van der Waals surface area contributed by atoms with E-state index in [1.807, 2.05) is 18.6 Å². The molecule has 3 heterocycles. The molecule has 5 rings (SSSR count). The number of anilines is 1. The Labute approximate surface area is 164 Å². The van der Waals surface area contributed by atoms with Gasteiger partial charge in [0.15, 0.2) is 5.13 Å². The number of benzene rings is 1. The summed E-state index contributed by atoms with van der Waals surface area (Å²) in [5.74, 6) is 1.63. The number of likely N-dealkylation sites (tertiary alicyclic amines) is 1. The molecule has 2 fully saturated rings. The van der Waals surface area contributed by atoms with Gasteiger partial charge >= 0.3 is 0 Å². The van der Waals surface area contributed by atoms with Crippen LogP contribution in [0.4, 0.5) is 5.13 Å². The van der Waals surface area contributed by atoms with Crippen LogP contribution in [-0.4, -0.2) is 34.0 Å². The average Bonchev–Trinajstić information content (AvgIpc) is 3.39. The molecule has 4 nitrogen and oxygen atoms in total. The summed E-state index contributed by atoms with van der Waals surface area (Å²) in [5, 5.41) is 4.77. The largest absolute Gasteiger partial charge is 0.359 e. The van der Waals surface area contributed by atoms with Gasteiger partial charge in [-0.2, -0.15) is 0 Å². The van der Waals surface area contributed by atoms with Crippen molar-refractivity contribution in [1.82, 2.24) is 14.9 Å². The van der Waals surface area contributed by atoms with E-state index in [9.17, 15) is 0 Å². The SMILES string of the molecule is c1ccc(-c2cnc(N[C@H]3C[C@@H]4CN(Cc5ccncc5)C[C@@H]4C3)s2)cc1. The molecule has 0 spiro atoms. The van der Waals surface area contributed by atoms with Crippen LogP contribution in [-0.2, 0) is 6.54 Å². The standard InChI is InChI=1S/C22H24N4S/c1-2-4-17(5-3-1)21-12-24-22(27-21)25-20-10-18-14-26(15-19(18)11-20)13-16-6-8-23-9-7-16/h1-9,12,18-20H,10-11,13-15H2,(H,24,25)/t18-,19+,20+. The molecular formula is C22H24N4S. The van der Waals surface area contributed by atoms with Crippen LogP contribution in [0.15, 0.2) is 61.1 Å². The van der Waals surface area contributed by atoms with Crippen molar-refractivity contribution in [3.63, 3.8) is 0 Å². The number of hydrogen-bond donors (Lipinski definition) is 1. The Bertz CT molecular complexity index is 866. The molecule has 0 unspecified atom stereocenters. The number of nitrogens with one attached hydrogen (secondary N) is 1. The molecular weight excluding hydrogens is 352 g/mol. The molecule has 1 aromatic carbocycles. The molecule has 1 saturated carbocycles. The second kappa shape index (κ2) is 7.41. The highest BCUT2D eigenvalue weighted by atomic mass is 32.1.